The van der Waals surface area contributed by atoms with Gasteiger partial charge in [0.25, 0.3) is 5.91 Å². The van der Waals surface area contributed by atoms with Gasteiger partial charge in [0.15, 0.2) is 0 Å². The van der Waals surface area contributed by atoms with Crippen molar-refractivity contribution < 1.29 is 17.9 Å². The van der Waals surface area contributed by atoms with Crippen LogP contribution in [-0.4, -0.2) is 64.1 Å². The standard InChI is InChI=1S/C16H23N3O4S.ClH/c20-16(18-13-4-3-7-17-12-13)14-5-1-2-6-15(14)24(21,22)19-8-10-23-11-9-19;/h1-2,5-6,13,17H,3-4,7-12H2,(H,18,20);1H/t13-;/m0./s1. The van der Waals surface area contributed by atoms with Crippen LogP contribution in [0.3, 0.4) is 0 Å². The van der Waals surface area contributed by atoms with Gasteiger partial charge in [-0.3, -0.25) is 4.79 Å². The Morgan fingerprint density at radius 2 is 1.96 bits per heavy atom. The van der Waals surface area contributed by atoms with E-state index in [-0.39, 0.29) is 34.8 Å². The van der Waals surface area contributed by atoms with Crippen molar-refractivity contribution in [1.82, 2.24) is 14.9 Å². The molecule has 2 aliphatic rings. The minimum absolute atomic E-state index is 0. The van der Waals surface area contributed by atoms with Gasteiger partial charge in [0.1, 0.15) is 0 Å². The van der Waals surface area contributed by atoms with Crippen LogP contribution >= 0.6 is 12.4 Å². The third kappa shape index (κ3) is 4.71. The van der Waals surface area contributed by atoms with E-state index in [1.54, 1.807) is 18.2 Å². The molecule has 7 nitrogen and oxygen atoms in total. The number of halogens is 1. The van der Waals surface area contributed by atoms with Crippen LogP contribution in [0, 0.1) is 0 Å². The van der Waals surface area contributed by atoms with Crippen LogP contribution in [0.4, 0.5) is 0 Å². The lowest BCUT2D eigenvalue weighted by Gasteiger charge is -2.27. The zero-order chi connectivity index (χ0) is 17.0. The van der Waals surface area contributed by atoms with Gasteiger partial charge in [-0.15, -0.1) is 12.4 Å². The number of hydrogen-bond acceptors (Lipinski definition) is 5. The summed E-state index contributed by atoms with van der Waals surface area (Å²) in [6.45, 7) is 3.04. The lowest BCUT2D eigenvalue weighted by atomic mass is 10.1. The minimum Gasteiger partial charge on any atom is -0.379 e. The molecule has 140 valence electrons. The van der Waals surface area contributed by atoms with Crippen LogP contribution in [0.15, 0.2) is 29.2 Å². The summed E-state index contributed by atoms with van der Waals surface area (Å²) in [4.78, 5) is 12.7. The quantitative estimate of drug-likeness (QED) is 0.787. The molecule has 9 heteroatoms. The zero-order valence-corrected chi connectivity index (χ0v) is 15.6. The predicted octanol–water partition coefficient (Wildman–Crippen LogP) is 0.611. The number of nitrogens with one attached hydrogen (secondary N) is 2. The van der Waals surface area contributed by atoms with Gasteiger partial charge in [-0.25, -0.2) is 8.42 Å². The normalized spacial score (nSPS) is 22.0. The van der Waals surface area contributed by atoms with E-state index in [4.69, 9.17) is 4.74 Å². The average Bonchev–Trinajstić information content (AvgIpc) is 2.63. The van der Waals surface area contributed by atoms with Crippen molar-refractivity contribution in [2.45, 2.75) is 23.8 Å². The second-order valence-electron chi connectivity index (χ2n) is 6.03. The van der Waals surface area contributed by atoms with Crippen LogP contribution in [0.1, 0.15) is 23.2 Å². The Hall–Kier alpha value is -1.19. The van der Waals surface area contributed by atoms with Gasteiger partial charge >= 0.3 is 0 Å². The molecule has 25 heavy (non-hydrogen) atoms. The van der Waals surface area contributed by atoms with Crippen LogP contribution in [0.5, 0.6) is 0 Å². The van der Waals surface area contributed by atoms with Crippen LogP contribution in [0.2, 0.25) is 0 Å². The van der Waals surface area contributed by atoms with Crippen molar-refractivity contribution in [3.63, 3.8) is 0 Å². The van der Waals surface area contributed by atoms with E-state index in [9.17, 15) is 13.2 Å². The fourth-order valence-electron chi connectivity index (χ4n) is 3.04. The van der Waals surface area contributed by atoms with Crippen molar-refractivity contribution >= 4 is 28.3 Å². The average molecular weight is 390 g/mol. The number of carbonyl (C=O) groups excluding carboxylic acids is 1. The molecule has 0 saturated carbocycles. The van der Waals surface area contributed by atoms with E-state index in [0.717, 1.165) is 19.4 Å². The summed E-state index contributed by atoms with van der Waals surface area (Å²) in [6.07, 6.45) is 1.90. The monoisotopic (exact) mass is 389 g/mol. The number of morpholine rings is 1. The number of carbonyl (C=O) groups is 1. The number of benzene rings is 1. The molecular formula is C16H24ClN3O4S. The van der Waals surface area contributed by atoms with E-state index in [2.05, 4.69) is 10.6 Å². The molecule has 2 fully saturated rings. The van der Waals surface area contributed by atoms with Crippen LogP contribution in [0.25, 0.3) is 0 Å². The van der Waals surface area contributed by atoms with Gasteiger partial charge in [-0.2, -0.15) is 4.31 Å². The fourth-order valence-corrected chi connectivity index (χ4v) is 4.64. The Balaban J connectivity index is 0.00000225. The molecule has 2 heterocycles. The van der Waals surface area contributed by atoms with Gasteiger partial charge in [-0.05, 0) is 31.5 Å². The summed E-state index contributed by atoms with van der Waals surface area (Å²) < 4.78 is 32.4. The maximum Gasteiger partial charge on any atom is 0.252 e. The Bertz CT molecular complexity index is 686. The second-order valence-corrected chi connectivity index (χ2v) is 7.94. The molecule has 2 aliphatic heterocycles. The number of amides is 1. The summed E-state index contributed by atoms with van der Waals surface area (Å²) in [5.74, 6) is -0.337. The van der Waals surface area contributed by atoms with Gasteiger partial charge in [-0.1, -0.05) is 12.1 Å². The molecule has 1 amide bonds. The molecule has 1 aromatic carbocycles. The maximum atomic E-state index is 12.9. The molecule has 2 saturated heterocycles. The number of piperidine rings is 1. The highest BCUT2D eigenvalue weighted by Gasteiger charge is 2.30. The highest BCUT2D eigenvalue weighted by Crippen LogP contribution is 2.21. The lowest BCUT2D eigenvalue weighted by Crippen LogP contribution is -2.46. The number of sulfonamides is 1. The van der Waals surface area contributed by atoms with Gasteiger partial charge in [0, 0.05) is 25.7 Å². The molecule has 0 unspecified atom stereocenters. The first-order valence-corrected chi connectivity index (χ1v) is 9.71. The van der Waals surface area contributed by atoms with E-state index in [1.807, 2.05) is 0 Å². The molecule has 0 spiro atoms. The van der Waals surface area contributed by atoms with Crippen molar-refractivity contribution in [2.24, 2.45) is 0 Å². The molecule has 1 atom stereocenters. The largest absolute Gasteiger partial charge is 0.379 e. The predicted molar refractivity (Wildman–Crippen MR) is 96.6 cm³/mol. The highest BCUT2D eigenvalue weighted by molar-refractivity contribution is 7.89. The highest BCUT2D eigenvalue weighted by atomic mass is 35.5. The number of ether oxygens (including phenoxy) is 1. The van der Waals surface area contributed by atoms with Crippen molar-refractivity contribution in [3.05, 3.63) is 29.8 Å². The number of nitrogens with zero attached hydrogens (tertiary/aromatic N) is 1. The summed E-state index contributed by atoms with van der Waals surface area (Å²) in [5, 5.41) is 6.17. The minimum atomic E-state index is -3.70. The fraction of sp³-hybridized carbons (Fsp3) is 0.562. The molecule has 0 aliphatic carbocycles. The Morgan fingerprint density at radius 3 is 2.64 bits per heavy atom. The molecule has 0 bridgehead atoms. The summed E-state index contributed by atoms with van der Waals surface area (Å²) in [6, 6.07) is 6.43. The first kappa shape index (κ1) is 20.1. The van der Waals surface area contributed by atoms with Gasteiger partial charge in [0.05, 0.1) is 23.7 Å². The van der Waals surface area contributed by atoms with E-state index in [0.29, 0.717) is 32.8 Å². The van der Waals surface area contributed by atoms with Gasteiger partial charge in [0.2, 0.25) is 10.0 Å². The Kier molecular flexibility index (Phi) is 7.21. The van der Waals surface area contributed by atoms with Gasteiger partial charge < -0.3 is 15.4 Å². The zero-order valence-electron chi connectivity index (χ0n) is 13.9. The molecule has 0 radical (unpaired) electrons. The topological polar surface area (TPSA) is 87.7 Å². The van der Waals surface area contributed by atoms with E-state index >= 15 is 0 Å². The van der Waals surface area contributed by atoms with Crippen LogP contribution < -0.4 is 10.6 Å². The lowest BCUT2D eigenvalue weighted by molar-refractivity contribution is 0.0729. The molecule has 3 rings (SSSR count). The second kappa shape index (κ2) is 8.95. The molecular weight excluding hydrogens is 366 g/mol. The summed E-state index contributed by atoms with van der Waals surface area (Å²) in [7, 11) is -3.70. The molecule has 0 aromatic heterocycles. The first-order chi connectivity index (χ1) is 11.6. The first-order valence-electron chi connectivity index (χ1n) is 8.27. The number of rotatable bonds is 4. The van der Waals surface area contributed by atoms with Crippen molar-refractivity contribution in [1.29, 1.82) is 0 Å². The number of hydrogen-bond donors (Lipinski definition) is 2. The third-order valence-corrected chi connectivity index (χ3v) is 6.31. The third-order valence-electron chi connectivity index (χ3n) is 4.35. The molecule has 2 N–H and O–H groups in total. The van der Waals surface area contributed by atoms with Crippen molar-refractivity contribution in [2.75, 3.05) is 39.4 Å². The summed E-state index contributed by atoms with van der Waals surface area (Å²) >= 11 is 0. The SMILES string of the molecule is Cl.O=C(N[C@H]1CCCNC1)c1ccccc1S(=O)(=O)N1CCOCC1. The van der Waals surface area contributed by atoms with Crippen LogP contribution in [-0.2, 0) is 14.8 Å². The van der Waals surface area contributed by atoms with E-state index in [1.165, 1.54) is 10.4 Å². The van der Waals surface area contributed by atoms with Crippen molar-refractivity contribution in [3.8, 4) is 0 Å². The van der Waals surface area contributed by atoms with E-state index < -0.39 is 10.0 Å². The molecule has 1 aromatic rings. The Morgan fingerprint density at radius 1 is 1.24 bits per heavy atom. The smallest absolute Gasteiger partial charge is 0.252 e. The Labute approximate surface area is 154 Å². The maximum absolute atomic E-state index is 12.9. The summed E-state index contributed by atoms with van der Waals surface area (Å²) in [5.41, 5.74) is 0.203.